The van der Waals surface area contributed by atoms with Crippen LogP contribution >= 0.6 is 11.3 Å². The monoisotopic (exact) mass is 338 g/mol. The Hall–Kier alpha value is -3.49. The summed E-state index contributed by atoms with van der Waals surface area (Å²) in [4.78, 5) is 24.0. The minimum Gasteiger partial charge on any atom is -0.465 e. The van der Waals surface area contributed by atoms with Crippen molar-refractivity contribution in [1.82, 2.24) is 0 Å². The Morgan fingerprint density at radius 2 is 1.96 bits per heavy atom. The van der Waals surface area contributed by atoms with E-state index in [0.717, 1.165) is 11.3 Å². The van der Waals surface area contributed by atoms with Crippen LogP contribution in [0.2, 0.25) is 0 Å². The number of esters is 1. The fourth-order valence-corrected chi connectivity index (χ4v) is 2.62. The molecule has 1 aromatic heterocycles. The number of Topliss-reactive ketones (excluding diaryl/α,β-unsaturated/α-hetero) is 1. The molecule has 0 aliphatic carbocycles. The van der Waals surface area contributed by atoms with Crippen molar-refractivity contribution >= 4 is 34.5 Å². The number of thiophene rings is 1. The molecule has 2 rings (SSSR count). The van der Waals surface area contributed by atoms with Crippen LogP contribution in [-0.4, -0.2) is 24.6 Å². The van der Waals surface area contributed by atoms with Crippen LogP contribution in [0.3, 0.4) is 0 Å². The average Bonchev–Trinajstić information content (AvgIpc) is 3.05. The molecule has 8 heteroatoms. The van der Waals surface area contributed by atoms with Gasteiger partial charge in [0.1, 0.15) is 17.0 Å². The van der Waals surface area contributed by atoms with Gasteiger partial charge in [-0.2, -0.15) is 15.6 Å². The Morgan fingerprint density at radius 3 is 2.54 bits per heavy atom. The minimum absolute atomic E-state index is 0.1000. The summed E-state index contributed by atoms with van der Waals surface area (Å²) in [6, 6.07) is 11.8. The highest BCUT2D eigenvalue weighted by molar-refractivity contribution is 7.12. The molecule has 0 aliphatic rings. The van der Waals surface area contributed by atoms with Gasteiger partial charge in [-0.15, -0.1) is 11.3 Å². The third-order valence-electron chi connectivity index (χ3n) is 2.92. The van der Waals surface area contributed by atoms with Gasteiger partial charge in [-0.1, -0.05) is 30.3 Å². The molecular weight excluding hydrogens is 328 g/mol. The summed E-state index contributed by atoms with van der Waals surface area (Å²) >= 11 is 1.00. The molecule has 2 aromatic rings. The molecule has 0 radical (unpaired) electrons. The molecule has 1 N–H and O–H groups in total. The molecule has 0 fully saturated rings. The normalized spacial score (nSPS) is 10.4. The highest BCUT2D eigenvalue weighted by atomic mass is 32.1. The molecule has 0 atom stereocenters. The molecule has 1 heterocycles. The van der Waals surface area contributed by atoms with Crippen LogP contribution in [0.5, 0.6) is 0 Å². The summed E-state index contributed by atoms with van der Waals surface area (Å²) in [6.07, 6.45) is 0. The van der Waals surface area contributed by atoms with Crippen molar-refractivity contribution < 1.29 is 14.3 Å². The quantitative estimate of drug-likeness (QED) is 0.388. The van der Waals surface area contributed by atoms with Crippen LogP contribution in [0.1, 0.15) is 25.6 Å². The first-order valence-corrected chi connectivity index (χ1v) is 7.43. The van der Waals surface area contributed by atoms with Gasteiger partial charge in [0, 0.05) is 10.9 Å². The van der Waals surface area contributed by atoms with Crippen LogP contribution in [0, 0.1) is 22.7 Å². The molecule has 1 aromatic carbocycles. The number of nitrogens with one attached hydrogen (secondary N) is 1. The number of hydrazone groups is 1. The lowest BCUT2D eigenvalue weighted by Crippen LogP contribution is -2.14. The standard InChI is InChI=1S/C16H10N4O3S/c1-23-16(22)15-13(11(7-17)9-24-15)20-19-12(8-18)14(21)10-5-3-2-4-6-10/h2-6,9,20H,1H3. The zero-order chi connectivity index (χ0) is 17.5. The molecule has 0 unspecified atom stereocenters. The molecule has 7 nitrogen and oxygen atoms in total. The van der Waals surface area contributed by atoms with Crippen molar-refractivity contribution in [2.75, 3.05) is 12.5 Å². The van der Waals surface area contributed by atoms with E-state index in [4.69, 9.17) is 10.5 Å². The van der Waals surface area contributed by atoms with Crippen LogP contribution in [-0.2, 0) is 4.74 Å². The number of anilines is 1. The molecular formula is C16H10N4O3S. The van der Waals surface area contributed by atoms with Crippen molar-refractivity contribution in [3.63, 3.8) is 0 Å². The third-order valence-corrected chi connectivity index (χ3v) is 3.88. The lowest BCUT2D eigenvalue weighted by Gasteiger charge is -2.03. The van der Waals surface area contributed by atoms with Gasteiger partial charge in [0.15, 0.2) is 0 Å². The number of methoxy groups -OCH3 is 1. The number of ketones is 1. The number of carbonyl (C=O) groups is 2. The molecule has 0 bridgehead atoms. The average molecular weight is 338 g/mol. The maximum absolute atomic E-state index is 12.2. The summed E-state index contributed by atoms with van der Waals surface area (Å²) in [5.41, 5.74) is 2.63. The van der Waals surface area contributed by atoms with Crippen molar-refractivity contribution in [1.29, 1.82) is 10.5 Å². The number of ether oxygens (including phenoxy) is 1. The highest BCUT2D eigenvalue weighted by Crippen LogP contribution is 2.28. The Morgan fingerprint density at radius 1 is 1.25 bits per heavy atom. The van der Waals surface area contributed by atoms with Gasteiger partial charge in [-0.05, 0) is 0 Å². The predicted octanol–water partition coefficient (Wildman–Crippen LogP) is 2.58. The molecule has 0 saturated carbocycles. The Balaban J connectivity index is 2.34. The summed E-state index contributed by atoms with van der Waals surface area (Å²) in [5, 5.41) is 23.4. The molecule has 0 spiro atoms. The lowest BCUT2D eigenvalue weighted by atomic mass is 10.1. The van der Waals surface area contributed by atoms with E-state index in [1.165, 1.54) is 12.5 Å². The number of hydrogen-bond acceptors (Lipinski definition) is 8. The Kier molecular flexibility index (Phi) is 5.40. The van der Waals surface area contributed by atoms with Gasteiger partial charge in [0.25, 0.3) is 0 Å². The predicted molar refractivity (Wildman–Crippen MR) is 87.8 cm³/mol. The second kappa shape index (κ2) is 7.68. The van der Waals surface area contributed by atoms with Crippen molar-refractivity contribution in [2.24, 2.45) is 5.10 Å². The molecule has 0 amide bonds. The summed E-state index contributed by atoms with van der Waals surface area (Å²) in [6.45, 7) is 0. The summed E-state index contributed by atoms with van der Waals surface area (Å²) in [5.74, 6) is -1.22. The van der Waals surface area contributed by atoms with Crippen LogP contribution in [0.15, 0.2) is 40.8 Å². The smallest absolute Gasteiger partial charge is 0.350 e. The zero-order valence-corrected chi connectivity index (χ0v) is 13.3. The third kappa shape index (κ3) is 3.46. The van der Waals surface area contributed by atoms with Crippen LogP contribution in [0.25, 0.3) is 0 Å². The number of nitrogens with zero attached hydrogens (tertiary/aromatic N) is 3. The van der Waals surface area contributed by atoms with E-state index >= 15 is 0 Å². The molecule has 24 heavy (non-hydrogen) atoms. The second-order valence-corrected chi connectivity index (χ2v) is 5.22. The first-order chi connectivity index (χ1) is 11.6. The van der Waals surface area contributed by atoms with Crippen LogP contribution < -0.4 is 5.43 Å². The molecule has 0 aliphatic heterocycles. The van der Waals surface area contributed by atoms with Crippen LogP contribution in [0.4, 0.5) is 5.69 Å². The Labute approximate surface area is 141 Å². The maximum atomic E-state index is 12.2. The summed E-state index contributed by atoms with van der Waals surface area (Å²) < 4.78 is 4.63. The highest BCUT2D eigenvalue weighted by Gasteiger charge is 2.20. The number of carbonyl (C=O) groups excluding carboxylic acids is 2. The number of benzene rings is 1. The van der Waals surface area contributed by atoms with Crippen molar-refractivity contribution in [3.8, 4) is 12.1 Å². The maximum Gasteiger partial charge on any atom is 0.350 e. The topological polar surface area (TPSA) is 115 Å². The van der Waals surface area contributed by atoms with Gasteiger partial charge in [-0.25, -0.2) is 4.79 Å². The van der Waals surface area contributed by atoms with E-state index in [1.807, 2.05) is 6.07 Å². The number of nitriles is 2. The van der Waals surface area contributed by atoms with Gasteiger partial charge >= 0.3 is 5.97 Å². The van der Waals surface area contributed by atoms with E-state index in [2.05, 4.69) is 15.3 Å². The van der Waals surface area contributed by atoms with Gasteiger partial charge in [0.05, 0.1) is 18.4 Å². The number of rotatable bonds is 5. The zero-order valence-electron chi connectivity index (χ0n) is 12.4. The van der Waals surface area contributed by atoms with E-state index in [0.29, 0.717) is 5.56 Å². The minimum atomic E-state index is -0.646. The molecule has 0 saturated heterocycles. The van der Waals surface area contributed by atoms with E-state index in [9.17, 15) is 9.59 Å². The van der Waals surface area contributed by atoms with Crippen molar-refractivity contribution in [2.45, 2.75) is 0 Å². The van der Waals surface area contributed by atoms with Crippen molar-refractivity contribution in [3.05, 3.63) is 51.7 Å². The SMILES string of the molecule is COC(=O)c1scc(C#N)c1NN=C(C#N)C(=O)c1ccccc1. The first kappa shape index (κ1) is 16.9. The largest absolute Gasteiger partial charge is 0.465 e. The van der Waals surface area contributed by atoms with E-state index in [-0.39, 0.29) is 16.1 Å². The molecule has 118 valence electrons. The fraction of sp³-hybridized carbons (Fsp3) is 0.0625. The summed E-state index contributed by atoms with van der Waals surface area (Å²) in [7, 11) is 1.21. The van der Waals surface area contributed by atoms with Gasteiger partial charge in [-0.3, -0.25) is 10.2 Å². The van der Waals surface area contributed by atoms with E-state index < -0.39 is 17.5 Å². The fourth-order valence-electron chi connectivity index (χ4n) is 1.76. The number of hydrogen-bond donors (Lipinski definition) is 1. The van der Waals surface area contributed by atoms with Gasteiger partial charge < -0.3 is 4.74 Å². The van der Waals surface area contributed by atoms with Gasteiger partial charge in [0.2, 0.25) is 11.5 Å². The second-order valence-electron chi connectivity index (χ2n) is 4.34. The van der Waals surface area contributed by atoms with E-state index in [1.54, 1.807) is 36.4 Å². The lowest BCUT2D eigenvalue weighted by molar-refractivity contribution is 0.0607. The Bertz CT molecular complexity index is 888. The first-order valence-electron chi connectivity index (χ1n) is 6.55.